The number of amides is 1. The summed E-state index contributed by atoms with van der Waals surface area (Å²) in [6.07, 6.45) is 5.42. The number of halogens is 2. The van der Waals surface area contributed by atoms with Gasteiger partial charge < -0.3 is 14.4 Å². The summed E-state index contributed by atoms with van der Waals surface area (Å²) in [6.45, 7) is -2.71. The van der Waals surface area contributed by atoms with Gasteiger partial charge in [0.05, 0.1) is 20.8 Å². The first-order valence-corrected chi connectivity index (χ1v) is 7.41. The summed E-state index contributed by atoms with van der Waals surface area (Å²) < 4.78 is 36.7. The molecule has 1 heterocycles. The Balaban J connectivity index is 2.05. The van der Waals surface area contributed by atoms with Gasteiger partial charge in [0, 0.05) is 25.5 Å². The van der Waals surface area contributed by atoms with Gasteiger partial charge in [-0.1, -0.05) is 6.07 Å². The van der Waals surface area contributed by atoms with Crippen LogP contribution in [0.3, 0.4) is 0 Å². The van der Waals surface area contributed by atoms with Crippen LogP contribution in [0.5, 0.6) is 11.5 Å². The molecule has 0 aliphatic carbocycles. The number of hydrogen-bond acceptors (Lipinski definition) is 4. The molecule has 1 aromatic carbocycles. The average molecular weight is 351 g/mol. The SMILES string of the molecule is COc1ccc(/C=C/C(=O)N(C)Cc2nccn2C(F)F)cc1OC. The fraction of sp³-hybridized carbons (Fsp3) is 0.294. The average Bonchev–Trinajstić information content (AvgIpc) is 3.07. The summed E-state index contributed by atoms with van der Waals surface area (Å²) in [7, 11) is 4.58. The zero-order valence-electron chi connectivity index (χ0n) is 14.1. The number of rotatable bonds is 7. The molecule has 0 fully saturated rings. The van der Waals surface area contributed by atoms with Crippen molar-refractivity contribution in [2.24, 2.45) is 0 Å². The second kappa shape index (κ2) is 8.27. The second-order valence-corrected chi connectivity index (χ2v) is 5.17. The third kappa shape index (κ3) is 4.56. The highest BCUT2D eigenvalue weighted by molar-refractivity contribution is 5.91. The molecule has 0 aliphatic heterocycles. The normalized spacial score (nSPS) is 11.1. The van der Waals surface area contributed by atoms with Crippen LogP contribution in [0.2, 0.25) is 0 Å². The van der Waals surface area contributed by atoms with Crippen molar-refractivity contribution in [1.29, 1.82) is 0 Å². The van der Waals surface area contributed by atoms with Crippen molar-refractivity contribution in [2.75, 3.05) is 21.3 Å². The Kier molecular flexibility index (Phi) is 6.10. The number of ether oxygens (including phenoxy) is 2. The molecule has 2 rings (SSSR count). The molecule has 0 spiro atoms. The smallest absolute Gasteiger partial charge is 0.319 e. The number of carbonyl (C=O) groups excluding carboxylic acids is 1. The Hall–Kier alpha value is -2.90. The van der Waals surface area contributed by atoms with E-state index in [0.29, 0.717) is 11.5 Å². The summed E-state index contributed by atoms with van der Waals surface area (Å²) in [5.74, 6) is 0.912. The molecule has 25 heavy (non-hydrogen) atoms. The van der Waals surface area contributed by atoms with Crippen LogP contribution >= 0.6 is 0 Å². The van der Waals surface area contributed by atoms with Crippen molar-refractivity contribution in [2.45, 2.75) is 13.1 Å². The molecule has 0 unspecified atom stereocenters. The molecular weight excluding hydrogens is 332 g/mol. The number of imidazole rings is 1. The van der Waals surface area contributed by atoms with Gasteiger partial charge in [-0.05, 0) is 23.8 Å². The Bertz CT molecular complexity index is 759. The van der Waals surface area contributed by atoms with Crippen LogP contribution < -0.4 is 9.47 Å². The van der Waals surface area contributed by atoms with E-state index in [2.05, 4.69) is 4.98 Å². The van der Waals surface area contributed by atoms with Gasteiger partial charge in [0.2, 0.25) is 5.91 Å². The maximum absolute atomic E-state index is 12.8. The lowest BCUT2D eigenvalue weighted by atomic mass is 10.2. The number of carbonyl (C=O) groups is 1. The van der Waals surface area contributed by atoms with Crippen LogP contribution in [-0.4, -0.2) is 41.6 Å². The van der Waals surface area contributed by atoms with Crippen LogP contribution in [0.1, 0.15) is 17.9 Å². The molecule has 2 aromatic rings. The van der Waals surface area contributed by atoms with E-state index in [-0.39, 0.29) is 18.3 Å². The second-order valence-electron chi connectivity index (χ2n) is 5.17. The van der Waals surface area contributed by atoms with Crippen LogP contribution in [0.25, 0.3) is 6.08 Å². The van der Waals surface area contributed by atoms with E-state index < -0.39 is 6.55 Å². The van der Waals surface area contributed by atoms with Gasteiger partial charge >= 0.3 is 6.55 Å². The Morgan fingerprint density at radius 2 is 2.04 bits per heavy atom. The number of nitrogens with zero attached hydrogens (tertiary/aromatic N) is 3. The monoisotopic (exact) mass is 351 g/mol. The molecule has 1 amide bonds. The molecule has 0 bridgehead atoms. The fourth-order valence-corrected chi connectivity index (χ4v) is 2.19. The molecule has 8 heteroatoms. The van der Waals surface area contributed by atoms with Gasteiger partial charge in [0.15, 0.2) is 11.5 Å². The minimum absolute atomic E-state index is 0.0214. The van der Waals surface area contributed by atoms with Crippen molar-refractivity contribution in [3.05, 3.63) is 48.1 Å². The molecule has 0 atom stereocenters. The zero-order valence-corrected chi connectivity index (χ0v) is 14.1. The van der Waals surface area contributed by atoms with Gasteiger partial charge in [-0.15, -0.1) is 0 Å². The number of hydrogen-bond donors (Lipinski definition) is 0. The molecule has 0 saturated carbocycles. The molecule has 0 aliphatic rings. The first-order valence-electron chi connectivity index (χ1n) is 7.41. The molecule has 1 aromatic heterocycles. The predicted molar refractivity (Wildman–Crippen MR) is 88.5 cm³/mol. The molecular formula is C17H19F2N3O3. The summed E-state index contributed by atoms with van der Waals surface area (Å²) in [5, 5.41) is 0. The highest BCUT2D eigenvalue weighted by atomic mass is 19.3. The summed E-state index contributed by atoms with van der Waals surface area (Å²) in [4.78, 5) is 17.3. The minimum atomic E-state index is -2.69. The standard InChI is InChI=1S/C17H19F2N3O3/c1-21(11-15-20-8-9-22(15)17(18)19)16(23)7-5-12-4-6-13(24-2)14(10-12)25-3/h4-10,17H,11H2,1-3H3/b7-5+. The number of aromatic nitrogens is 2. The number of likely N-dealkylation sites (N-methyl/N-ethyl adjacent to an activating group) is 1. The van der Waals surface area contributed by atoms with Crippen molar-refractivity contribution in [3.8, 4) is 11.5 Å². The van der Waals surface area contributed by atoms with E-state index in [9.17, 15) is 13.6 Å². The Morgan fingerprint density at radius 3 is 2.68 bits per heavy atom. The van der Waals surface area contributed by atoms with Gasteiger partial charge in [0.25, 0.3) is 0 Å². The predicted octanol–water partition coefficient (Wildman–Crippen LogP) is 2.97. The zero-order chi connectivity index (χ0) is 18.4. The van der Waals surface area contributed by atoms with Crippen molar-refractivity contribution >= 4 is 12.0 Å². The highest BCUT2D eigenvalue weighted by Gasteiger charge is 2.15. The van der Waals surface area contributed by atoms with Gasteiger partial charge in [-0.2, -0.15) is 8.78 Å². The molecule has 0 N–H and O–H groups in total. The minimum Gasteiger partial charge on any atom is -0.493 e. The summed E-state index contributed by atoms with van der Waals surface area (Å²) in [5.41, 5.74) is 0.744. The maximum atomic E-state index is 12.8. The topological polar surface area (TPSA) is 56.6 Å². The van der Waals surface area contributed by atoms with E-state index in [0.717, 1.165) is 10.1 Å². The van der Waals surface area contributed by atoms with Crippen LogP contribution in [-0.2, 0) is 11.3 Å². The molecule has 134 valence electrons. The highest BCUT2D eigenvalue weighted by Crippen LogP contribution is 2.28. The van der Waals surface area contributed by atoms with Crippen molar-refractivity contribution in [1.82, 2.24) is 14.5 Å². The van der Waals surface area contributed by atoms with Crippen LogP contribution in [0.4, 0.5) is 8.78 Å². The molecule has 6 nitrogen and oxygen atoms in total. The number of benzene rings is 1. The van der Waals surface area contributed by atoms with E-state index in [1.807, 2.05) is 0 Å². The van der Waals surface area contributed by atoms with Crippen molar-refractivity contribution < 1.29 is 23.0 Å². The lowest BCUT2D eigenvalue weighted by Gasteiger charge is -2.15. The quantitative estimate of drug-likeness (QED) is 0.720. The Morgan fingerprint density at radius 1 is 1.32 bits per heavy atom. The fourth-order valence-electron chi connectivity index (χ4n) is 2.19. The number of alkyl halides is 2. The summed E-state index contributed by atoms with van der Waals surface area (Å²) in [6, 6.07) is 5.23. The van der Waals surface area contributed by atoms with E-state index in [1.165, 1.54) is 44.6 Å². The lowest BCUT2D eigenvalue weighted by molar-refractivity contribution is -0.125. The largest absolute Gasteiger partial charge is 0.493 e. The Labute approximate surface area is 144 Å². The van der Waals surface area contributed by atoms with E-state index >= 15 is 0 Å². The van der Waals surface area contributed by atoms with Gasteiger partial charge in [0.1, 0.15) is 5.82 Å². The van der Waals surface area contributed by atoms with Gasteiger partial charge in [-0.3, -0.25) is 9.36 Å². The van der Waals surface area contributed by atoms with Gasteiger partial charge in [-0.25, -0.2) is 4.98 Å². The molecule has 0 radical (unpaired) electrons. The third-order valence-electron chi connectivity index (χ3n) is 3.54. The third-order valence-corrected chi connectivity index (χ3v) is 3.54. The first kappa shape index (κ1) is 18.4. The maximum Gasteiger partial charge on any atom is 0.319 e. The van der Waals surface area contributed by atoms with E-state index in [4.69, 9.17) is 9.47 Å². The van der Waals surface area contributed by atoms with E-state index in [1.54, 1.807) is 24.3 Å². The number of methoxy groups -OCH3 is 2. The first-order chi connectivity index (χ1) is 12.0. The summed E-state index contributed by atoms with van der Waals surface area (Å²) >= 11 is 0. The van der Waals surface area contributed by atoms with Crippen LogP contribution in [0.15, 0.2) is 36.7 Å². The molecule has 0 saturated heterocycles. The van der Waals surface area contributed by atoms with Crippen molar-refractivity contribution in [3.63, 3.8) is 0 Å². The van der Waals surface area contributed by atoms with Crippen LogP contribution in [0, 0.1) is 0 Å². The lowest BCUT2D eigenvalue weighted by Crippen LogP contribution is -2.26.